The van der Waals surface area contributed by atoms with Gasteiger partial charge in [-0.3, -0.25) is 4.55 Å². The van der Waals surface area contributed by atoms with Crippen molar-refractivity contribution < 1.29 is 17.8 Å². The molecule has 0 aliphatic rings. The molecule has 4 nitrogen and oxygen atoms in total. The van der Waals surface area contributed by atoms with Crippen molar-refractivity contribution in [2.75, 3.05) is 5.75 Å². The maximum Gasteiger partial charge on any atom is 0.264 e. The van der Waals surface area contributed by atoms with E-state index in [1.807, 2.05) is 0 Å². The largest absolute Gasteiger partial charge is 0.300 e. The molecule has 0 aromatic heterocycles. The van der Waals surface area contributed by atoms with E-state index in [1.54, 1.807) is 6.92 Å². The van der Waals surface area contributed by atoms with Crippen molar-refractivity contribution in [3.05, 3.63) is 0 Å². The summed E-state index contributed by atoms with van der Waals surface area (Å²) in [7, 11) is -3.76. The number of unbranched alkanes of at least 4 members (excludes halogenated alkanes) is 10. The van der Waals surface area contributed by atoms with Gasteiger partial charge in [0.2, 0.25) is 0 Å². The second kappa shape index (κ2) is 12.3. The normalized spacial score (nSPS) is 11.7. The fourth-order valence-corrected chi connectivity index (χ4v) is 2.82. The van der Waals surface area contributed by atoms with Gasteiger partial charge in [-0.25, -0.2) is 0 Å². The predicted octanol–water partition coefficient (Wildman–Crippen LogP) is 4.14. The van der Waals surface area contributed by atoms with Crippen molar-refractivity contribution in [3.8, 4) is 0 Å². The van der Waals surface area contributed by atoms with E-state index < -0.39 is 10.1 Å². The summed E-state index contributed by atoms with van der Waals surface area (Å²) in [4.78, 5) is 10.7. The van der Waals surface area contributed by atoms with E-state index in [9.17, 15) is 13.2 Å². The number of carbonyl (C=O) groups excluding carboxylic acids is 1. The Labute approximate surface area is 124 Å². The number of carbonyl (C=O) groups is 1. The molecule has 0 saturated heterocycles. The molecule has 0 aliphatic carbocycles. The van der Waals surface area contributed by atoms with Crippen LogP contribution in [0.5, 0.6) is 0 Å². The first-order chi connectivity index (χ1) is 9.42. The smallest absolute Gasteiger partial charge is 0.264 e. The van der Waals surface area contributed by atoms with E-state index in [0.717, 1.165) is 38.5 Å². The second-order valence-electron chi connectivity index (χ2n) is 5.63. The third kappa shape index (κ3) is 17.6. The van der Waals surface area contributed by atoms with Gasteiger partial charge in [0.15, 0.2) is 0 Å². The summed E-state index contributed by atoms with van der Waals surface area (Å²) in [6.07, 6.45) is 12.7. The summed E-state index contributed by atoms with van der Waals surface area (Å²) in [5.41, 5.74) is 0. The second-order valence-corrected chi connectivity index (χ2v) is 7.20. The number of hydrogen-bond donors (Lipinski definition) is 1. The van der Waals surface area contributed by atoms with Crippen LogP contribution in [-0.2, 0) is 14.9 Å². The first-order valence-electron chi connectivity index (χ1n) is 7.86. The van der Waals surface area contributed by atoms with E-state index in [4.69, 9.17) is 4.55 Å². The molecule has 0 aliphatic heterocycles. The van der Waals surface area contributed by atoms with Crippen LogP contribution >= 0.6 is 0 Å². The molecule has 0 rings (SSSR count). The van der Waals surface area contributed by atoms with E-state index in [-0.39, 0.29) is 5.75 Å². The van der Waals surface area contributed by atoms with Crippen LogP contribution in [0.25, 0.3) is 0 Å². The number of hydrogen-bond acceptors (Lipinski definition) is 3. The van der Waals surface area contributed by atoms with Crippen LogP contribution in [-0.4, -0.2) is 24.5 Å². The Morgan fingerprint density at radius 1 is 0.750 bits per heavy atom. The maximum absolute atomic E-state index is 10.7. The van der Waals surface area contributed by atoms with Crippen molar-refractivity contribution >= 4 is 15.9 Å². The van der Waals surface area contributed by atoms with Gasteiger partial charge in [0.05, 0.1) is 5.75 Å². The zero-order chi connectivity index (χ0) is 15.3. The summed E-state index contributed by atoms with van der Waals surface area (Å²) in [6, 6.07) is 0. The summed E-state index contributed by atoms with van der Waals surface area (Å²) in [5, 5.41) is 0. The van der Waals surface area contributed by atoms with Crippen LogP contribution in [0, 0.1) is 0 Å². The average molecular weight is 306 g/mol. The fourth-order valence-electron chi connectivity index (χ4n) is 2.25. The molecule has 120 valence electrons. The quantitative estimate of drug-likeness (QED) is 0.386. The van der Waals surface area contributed by atoms with Gasteiger partial charge in [-0.15, -0.1) is 0 Å². The molecule has 0 fully saturated rings. The summed E-state index contributed by atoms with van der Waals surface area (Å²) in [5.74, 6) is 0.187. The van der Waals surface area contributed by atoms with Gasteiger partial charge in [-0.05, 0) is 19.8 Å². The van der Waals surface area contributed by atoms with Crippen molar-refractivity contribution in [1.29, 1.82) is 0 Å². The standard InChI is InChI=1S/C15H30O4S/c1-15(16)13-11-9-7-5-3-2-4-6-8-10-12-14-20(17,18)19/h2-14H2,1H3,(H,17,18,19). The van der Waals surface area contributed by atoms with Crippen molar-refractivity contribution in [2.24, 2.45) is 0 Å². The molecule has 0 aromatic rings. The molecule has 0 heterocycles. The SMILES string of the molecule is CC(=O)CCCCCCCCCCCCCS(=O)(=O)O. The Balaban J connectivity index is 3.08. The van der Waals surface area contributed by atoms with Crippen molar-refractivity contribution in [3.63, 3.8) is 0 Å². The molecule has 1 N–H and O–H groups in total. The number of ketones is 1. The fraction of sp³-hybridized carbons (Fsp3) is 0.933. The van der Waals surface area contributed by atoms with Crippen LogP contribution in [0.3, 0.4) is 0 Å². The van der Waals surface area contributed by atoms with Crippen molar-refractivity contribution in [2.45, 2.75) is 84.0 Å². The first-order valence-corrected chi connectivity index (χ1v) is 9.47. The summed E-state index contributed by atoms with van der Waals surface area (Å²) in [6.45, 7) is 1.65. The molecule has 20 heavy (non-hydrogen) atoms. The van der Waals surface area contributed by atoms with Crippen LogP contribution in [0.15, 0.2) is 0 Å². The van der Waals surface area contributed by atoms with E-state index >= 15 is 0 Å². The Kier molecular flexibility index (Phi) is 12.1. The van der Waals surface area contributed by atoms with Gasteiger partial charge < -0.3 is 4.79 Å². The predicted molar refractivity (Wildman–Crippen MR) is 82.5 cm³/mol. The molecule has 0 amide bonds. The average Bonchev–Trinajstić information content (AvgIpc) is 2.33. The lowest BCUT2D eigenvalue weighted by Gasteiger charge is -2.02. The minimum Gasteiger partial charge on any atom is -0.300 e. The monoisotopic (exact) mass is 306 g/mol. The lowest BCUT2D eigenvalue weighted by atomic mass is 10.0. The minimum absolute atomic E-state index is 0.104. The van der Waals surface area contributed by atoms with Crippen LogP contribution in [0.2, 0.25) is 0 Å². The Morgan fingerprint density at radius 2 is 1.10 bits per heavy atom. The van der Waals surface area contributed by atoms with E-state index in [2.05, 4.69) is 0 Å². The van der Waals surface area contributed by atoms with Crippen LogP contribution in [0.4, 0.5) is 0 Å². The lowest BCUT2D eigenvalue weighted by molar-refractivity contribution is -0.117. The highest BCUT2D eigenvalue weighted by atomic mass is 32.2. The lowest BCUT2D eigenvalue weighted by Crippen LogP contribution is -2.03. The highest BCUT2D eigenvalue weighted by Gasteiger charge is 2.02. The van der Waals surface area contributed by atoms with Gasteiger partial charge >= 0.3 is 0 Å². The summed E-state index contributed by atoms with van der Waals surface area (Å²) < 4.78 is 29.5. The Bertz CT molecular complexity index is 336. The molecule has 5 heteroatoms. The van der Waals surface area contributed by atoms with Gasteiger partial charge in [0.1, 0.15) is 5.78 Å². The molecular weight excluding hydrogens is 276 g/mol. The molecule has 0 spiro atoms. The van der Waals surface area contributed by atoms with Crippen LogP contribution < -0.4 is 0 Å². The van der Waals surface area contributed by atoms with Gasteiger partial charge in [-0.2, -0.15) is 8.42 Å². The van der Waals surface area contributed by atoms with E-state index in [0.29, 0.717) is 12.2 Å². The topological polar surface area (TPSA) is 71.4 Å². The van der Waals surface area contributed by atoms with Gasteiger partial charge in [0.25, 0.3) is 10.1 Å². The highest BCUT2D eigenvalue weighted by Crippen LogP contribution is 2.12. The first kappa shape index (κ1) is 19.6. The Hall–Kier alpha value is -0.420. The maximum atomic E-state index is 10.7. The third-order valence-electron chi connectivity index (χ3n) is 3.43. The van der Waals surface area contributed by atoms with E-state index in [1.165, 1.54) is 32.1 Å². The third-order valence-corrected chi connectivity index (χ3v) is 4.24. The Morgan fingerprint density at radius 3 is 1.45 bits per heavy atom. The molecule has 0 saturated carbocycles. The molecular formula is C15H30O4S. The number of Topliss-reactive ketones (excluding diaryl/α,β-unsaturated/α-hetero) is 1. The zero-order valence-corrected chi connectivity index (χ0v) is 13.6. The molecule has 0 radical (unpaired) electrons. The van der Waals surface area contributed by atoms with Gasteiger partial charge in [-0.1, -0.05) is 57.8 Å². The highest BCUT2D eigenvalue weighted by molar-refractivity contribution is 7.85. The molecule has 0 unspecified atom stereocenters. The summed E-state index contributed by atoms with van der Waals surface area (Å²) >= 11 is 0. The molecule has 0 atom stereocenters. The van der Waals surface area contributed by atoms with Crippen molar-refractivity contribution in [1.82, 2.24) is 0 Å². The molecule has 0 bridgehead atoms. The van der Waals surface area contributed by atoms with Crippen LogP contribution in [0.1, 0.15) is 84.0 Å². The molecule has 0 aromatic carbocycles. The van der Waals surface area contributed by atoms with Gasteiger partial charge in [0, 0.05) is 6.42 Å². The number of rotatable bonds is 14. The minimum atomic E-state index is -3.76. The zero-order valence-electron chi connectivity index (χ0n) is 12.8.